The van der Waals surface area contributed by atoms with Gasteiger partial charge in [0, 0.05) is 13.2 Å². The molecule has 0 radical (unpaired) electrons. The Bertz CT molecular complexity index is 638. The molecule has 0 fully saturated rings. The van der Waals surface area contributed by atoms with Gasteiger partial charge in [-0.15, -0.1) is 0 Å². The van der Waals surface area contributed by atoms with E-state index in [1.54, 1.807) is 18.0 Å². The molecule has 1 aromatic carbocycles. The maximum Gasteiger partial charge on any atom is 0.255 e. The third-order valence-electron chi connectivity index (χ3n) is 3.39. The molecule has 0 saturated heterocycles. The fourth-order valence-electron chi connectivity index (χ4n) is 2.08. The van der Waals surface area contributed by atoms with E-state index in [9.17, 15) is 4.79 Å². The number of carbonyl (C=O) groups is 1. The molecule has 0 aliphatic rings. The molecule has 2 aromatic rings. The molecule has 4 heteroatoms. The van der Waals surface area contributed by atoms with Gasteiger partial charge >= 0.3 is 0 Å². The number of pyridine rings is 1. The van der Waals surface area contributed by atoms with Gasteiger partial charge in [0.25, 0.3) is 5.91 Å². The molecule has 0 spiro atoms. The van der Waals surface area contributed by atoms with Crippen LogP contribution < -0.4 is 0 Å². The van der Waals surface area contributed by atoms with Crippen LogP contribution in [0.5, 0.6) is 0 Å². The summed E-state index contributed by atoms with van der Waals surface area (Å²) in [5.41, 5.74) is 3.60. The molecule has 1 aromatic heterocycles. The summed E-state index contributed by atoms with van der Waals surface area (Å²) < 4.78 is 0. The standard InChI is InChI=1S/C17H19ClN2O/c1-4-13-6-7-14(19-10-13)11-20(3)17(21)15-9-12(2)5-8-16(15)18/h5-10H,4,11H2,1-3H3. The normalized spacial score (nSPS) is 10.5. The number of carbonyl (C=O) groups excluding carboxylic acids is 1. The average molecular weight is 303 g/mol. The zero-order chi connectivity index (χ0) is 15.4. The Kier molecular flexibility index (Phi) is 4.97. The van der Waals surface area contributed by atoms with E-state index in [1.807, 2.05) is 37.4 Å². The molecule has 1 heterocycles. The van der Waals surface area contributed by atoms with Crippen molar-refractivity contribution in [1.82, 2.24) is 9.88 Å². The van der Waals surface area contributed by atoms with Crippen molar-refractivity contribution < 1.29 is 4.79 Å². The van der Waals surface area contributed by atoms with Gasteiger partial charge in [0.1, 0.15) is 0 Å². The van der Waals surface area contributed by atoms with E-state index in [-0.39, 0.29) is 5.91 Å². The summed E-state index contributed by atoms with van der Waals surface area (Å²) in [6, 6.07) is 9.46. The monoisotopic (exact) mass is 302 g/mol. The molecule has 0 saturated carbocycles. The highest BCUT2D eigenvalue weighted by Crippen LogP contribution is 2.19. The Labute approximate surface area is 130 Å². The Hall–Kier alpha value is -1.87. The molecule has 0 unspecified atom stereocenters. The highest BCUT2D eigenvalue weighted by Gasteiger charge is 2.16. The van der Waals surface area contributed by atoms with E-state index < -0.39 is 0 Å². The Balaban J connectivity index is 2.13. The molecule has 0 aliphatic heterocycles. The van der Waals surface area contributed by atoms with Crippen LogP contribution in [-0.2, 0) is 13.0 Å². The molecule has 110 valence electrons. The van der Waals surface area contributed by atoms with Crippen molar-refractivity contribution in [3.8, 4) is 0 Å². The van der Waals surface area contributed by atoms with Crippen LogP contribution in [0, 0.1) is 6.92 Å². The second-order valence-corrected chi connectivity index (χ2v) is 5.56. The molecule has 2 rings (SSSR count). The first-order valence-electron chi connectivity index (χ1n) is 6.96. The Morgan fingerprint density at radius 1 is 1.29 bits per heavy atom. The van der Waals surface area contributed by atoms with Crippen LogP contribution in [0.1, 0.15) is 34.1 Å². The van der Waals surface area contributed by atoms with Crippen LogP contribution in [0.4, 0.5) is 0 Å². The van der Waals surface area contributed by atoms with Gasteiger partial charge in [-0.2, -0.15) is 0 Å². The van der Waals surface area contributed by atoms with Crippen molar-refractivity contribution >= 4 is 17.5 Å². The van der Waals surface area contributed by atoms with E-state index in [1.165, 1.54) is 5.56 Å². The predicted molar refractivity (Wildman–Crippen MR) is 85.6 cm³/mol. The van der Waals surface area contributed by atoms with Crippen molar-refractivity contribution in [3.63, 3.8) is 0 Å². The fraction of sp³-hybridized carbons (Fsp3) is 0.294. The first-order chi connectivity index (χ1) is 10.0. The lowest BCUT2D eigenvalue weighted by molar-refractivity contribution is 0.0783. The lowest BCUT2D eigenvalue weighted by Crippen LogP contribution is -2.27. The van der Waals surface area contributed by atoms with E-state index >= 15 is 0 Å². The second kappa shape index (κ2) is 6.72. The van der Waals surface area contributed by atoms with Gasteiger partial charge in [0.05, 0.1) is 22.8 Å². The number of amides is 1. The van der Waals surface area contributed by atoms with Gasteiger partial charge in [-0.05, 0) is 37.1 Å². The van der Waals surface area contributed by atoms with Crippen LogP contribution in [0.3, 0.4) is 0 Å². The quantitative estimate of drug-likeness (QED) is 0.859. The van der Waals surface area contributed by atoms with Gasteiger partial charge < -0.3 is 4.90 Å². The molecular formula is C17H19ClN2O. The summed E-state index contributed by atoms with van der Waals surface area (Å²) in [4.78, 5) is 18.5. The number of rotatable bonds is 4. The van der Waals surface area contributed by atoms with E-state index in [4.69, 9.17) is 11.6 Å². The molecule has 1 amide bonds. The number of hydrogen-bond donors (Lipinski definition) is 0. The molecule has 3 nitrogen and oxygen atoms in total. The van der Waals surface area contributed by atoms with Gasteiger partial charge in [0.2, 0.25) is 0 Å². The maximum atomic E-state index is 12.5. The highest BCUT2D eigenvalue weighted by atomic mass is 35.5. The summed E-state index contributed by atoms with van der Waals surface area (Å²) in [6.07, 6.45) is 2.81. The summed E-state index contributed by atoms with van der Waals surface area (Å²) in [5.74, 6) is -0.0925. The number of hydrogen-bond acceptors (Lipinski definition) is 2. The van der Waals surface area contributed by atoms with Crippen LogP contribution in [-0.4, -0.2) is 22.8 Å². The summed E-state index contributed by atoms with van der Waals surface area (Å²) in [6.45, 7) is 4.50. The average Bonchev–Trinajstić information content (AvgIpc) is 2.49. The van der Waals surface area contributed by atoms with Gasteiger partial charge in [-0.25, -0.2) is 0 Å². The molecule has 0 atom stereocenters. The lowest BCUT2D eigenvalue weighted by Gasteiger charge is -2.18. The predicted octanol–water partition coefficient (Wildman–Crippen LogP) is 3.88. The number of aromatic nitrogens is 1. The molecule has 0 aliphatic carbocycles. The minimum atomic E-state index is -0.0925. The van der Waals surface area contributed by atoms with E-state index in [0.717, 1.165) is 17.7 Å². The number of aryl methyl sites for hydroxylation is 2. The minimum Gasteiger partial charge on any atom is -0.336 e. The van der Waals surface area contributed by atoms with Crippen LogP contribution in [0.25, 0.3) is 0 Å². The van der Waals surface area contributed by atoms with Crippen molar-refractivity contribution in [1.29, 1.82) is 0 Å². The number of halogens is 1. The third kappa shape index (κ3) is 3.82. The van der Waals surface area contributed by atoms with Crippen molar-refractivity contribution in [2.45, 2.75) is 26.8 Å². The largest absolute Gasteiger partial charge is 0.336 e. The first-order valence-corrected chi connectivity index (χ1v) is 7.34. The third-order valence-corrected chi connectivity index (χ3v) is 3.72. The summed E-state index contributed by atoms with van der Waals surface area (Å²) >= 11 is 6.11. The van der Waals surface area contributed by atoms with Gasteiger partial charge in [-0.3, -0.25) is 9.78 Å². The zero-order valence-corrected chi connectivity index (χ0v) is 13.3. The molecule has 0 N–H and O–H groups in total. The van der Waals surface area contributed by atoms with Gasteiger partial charge in [0.15, 0.2) is 0 Å². The first kappa shape index (κ1) is 15.5. The summed E-state index contributed by atoms with van der Waals surface area (Å²) in [5, 5.41) is 0.478. The zero-order valence-electron chi connectivity index (χ0n) is 12.6. The summed E-state index contributed by atoms with van der Waals surface area (Å²) in [7, 11) is 1.76. The Morgan fingerprint density at radius 2 is 2.05 bits per heavy atom. The van der Waals surface area contributed by atoms with E-state index in [2.05, 4.69) is 11.9 Å². The highest BCUT2D eigenvalue weighted by molar-refractivity contribution is 6.33. The Morgan fingerprint density at radius 3 is 2.67 bits per heavy atom. The van der Waals surface area contributed by atoms with Crippen molar-refractivity contribution in [3.05, 3.63) is 63.9 Å². The number of nitrogens with zero attached hydrogens (tertiary/aromatic N) is 2. The SMILES string of the molecule is CCc1ccc(CN(C)C(=O)c2cc(C)ccc2Cl)nc1. The lowest BCUT2D eigenvalue weighted by atomic mass is 10.1. The minimum absolute atomic E-state index is 0.0925. The second-order valence-electron chi connectivity index (χ2n) is 5.16. The van der Waals surface area contributed by atoms with Gasteiger partial charge in [-0.1, -0.05) is 36.2 Å². The topological polar surface area (TPSA) is 33.2 Å². The molecule has 21 heavy (non-hydrogen) atoms. The maximum absolute atomic E-state index is 12.5. The number of benzene rings is 1. The van der Waals surface area contributed by atoms with Crippen molar-refractivity contribution in [2.75, 3.05) is 7.05 Å². The molecular weight excluding hydrogens is 284 g/mol. The molecule has 0 bridgehead atoms. The van der Waals surface area contributed by atoms with Crippen molar-refractivity contribution in [2.24, 2.45) is 0 Å². The fourth-order valence-corrected chi connectivity index (χ4v) is 2.28. The van der Waals surface area contributed by atoms with E-state index in [0.29, 0.717) is 17.1 Å². The smallest absolute Gasteiger partial charge is 0.255 e. The van der Waals surface area contributed by atoms with Crippen LogP contribution in [0.2, 0.25) is 5.02 Å². The van der Waals surface area contributed by atoms with Crippen LogP contribution in [0.15, 0.2) is 36.5 Å². The van der Waals surface area contributed by atoms with Crippen LogP contribution >= 0.6 is 11.6 Å².